The third-order valence-corrected chi connectivity index (χ3v) is 6.15. The van der Waals surface area contributed by atoms with Crippen molar-refractivity contribution in [3.63, 3.8) is 0 Å². The zero-order valence-corrected chi connectivity index (χ0v) is 17.5. The number of alkyl halides is 1. The Kier molecular flexibility index (Phi) is 8.54. The molecule has 2 heteroatoms. The molecule has 1 fully saturated rings. The van der Waals surface area contributed by atoms with Crippen molar-refractivity contribution < 1.29 is 4.39 Å². The van der Waals surface area contributed by atoms with E-state index >= 15 is 0 Å². The summed E-state index contributed by atoms with van der Waals surface area (Å²) in [4.78, 5) is 2.61. The molecule has 0 N–H and O–H groups in total. The van der Waals surface area contributed by atoms with Crippen LogP contribution in [0.3, 0.4) is 0 Å². The SMILES string of the molecule is CCCN(CCCc1ccc(C2CCC(F)CC2)cc1)CCc1ccccc1. The van der Waals surface area contributed by atoms with Crippen molar-refractivity contribution in [1.29, 1.82) is 0 Å². The van der Waals surface area contributed by atoms with Gasteiger partial charge in [-0.25, -0.2) is 4.39 Å². The van der Waals surface area contributed by atoms with Crippen LogP contribution < -0.4 is 0 Å². The molecular weight excluding hydrogens is 345 g/mol. The molecule has 0 radical (unpaired) electrons. The molecule has 0 bridgehead atoms. The molecule has 1 aliphatic rings. The highest BCUT2D eigenvalue weighted by molar-refractivity contribution is 5.26. The normalized spacial score (nSPS) is 19.8. The van der Waals surface area contributed by atoms with Gasteiger partial charge in [-0.2, -0.15) is 0 Å². The maximum Gasteiger partial charge on any atom is 0.100 e. The van der Waals surface area contributed by atoms with Crippen LogP contribution in [-0.2, 0) is 12.8 Å². The molecule has 2 aromatic rings. The highest BCUT2D eigenvalue weighted by Crippen LogP contribution is 2.34. The quantitative estimate of drug-likeness (QED) is 0.450. The maximum absolute atomic E-state index is 13.3. The minimum Gasteiger partial charge on any atom is -0.303 e. The van der Waals surface area contributed by atoms with Crippen LogP contribution in [-0.4, -0.2) is 30.7 Å². The molecule has 1 saturated carbocycles. The van der Waals surface area contributed by atoms with Crippen molar-refractivity contribution in [3.05, 3.63) is 71.3 Å². The first-order chi connectivity index (χ1) is 13.7. The minimum atomic E-state index is -0.566. The summed E-state index contributed by atoms with van der Waals surface area (Å²) in [6, 6.07) is 20.0. The first-order valence-electron chi connectivity index (χ1n) is 11.2. The van der Waals surface area contributed by atoms with E-state index in [0.717, 1.165) is 45.1 Å². The zero-order chi connectivity index (χ0) is 19.6. The second-order valence-corrected chi connectivity index (χ2v) is 8.37. The van der Waals surface area contributed by atoms with Gasteiger partial charge in [-0.15, -0.1) is 0 Å². The van der Waals surface area contributed by atoms with E-state index in [1.807, 2.05) is 0 Å². The number of nitrogens with zero attached hydrogens (tertiary/aromatic N) is 1. The van der Waals surface area contributed by atoms with E-state index in [1.54, 1.807) is 0 Å². The molecule has 3 rings (SSSR count). The molecule has 0 aliphatic heterocycles. The second-order valence-electron chi connectivity index (χ2n) is 8.37. The molecule has 0 heterocycles. The molecular formula is C26H36FN. The number of hydrogen-bond acceptors (Lipinski definition) is 1. The highest BCUT2D eigenvalue weighted by atomic mass is 19.1. The summed E-state index contributed by atoms with van der Waals surface area (Å²) in [5.74, 6) is 0.569. The predicted molar refractivity (Wildman–Crippen MR) is 118 cm³/mol. The van der Waals surface area contributed by atoms with E-state index in [1.165, 1.54) is 42.6 Å². The Morgan fingerprint density at radius 3 is 2.14 bits per heavy atom. The lowest BCUT2D eigenvalue weighted by Gasteiger charge is -2.24. The van der Waals surface area contributed by atoms with Crippen LogP contribution in [0.2, 0.25) is 0 Å². The van der Waals surface area contributed by atoms with Crippen LogP contribution in [0.1, 0.15) is 68.1 Å². The summed E-state index contributed by atoms with van der Waals surface area (Å²) in [6.07, 6.45) is 7.63. The molecule has 0 atom stereocenters. The van der Waals surface area contributed by atoms with Crippen molar-refractivity contribution in [2.24, 2.45) is 0 Å². The van der Waals surface area contributed by atoms with Crippen LogP contribution in [0, 0.1) is 0 Å². The summed E-state index contributed by atoms with van der Waals surface area (Å²) in [5.41, 5.74) is 4.27. The van der Waals surface area contributed by atoms with E-state index in [0.29, 0.717) is 5.92 Å². The lowest BCUT2D eigenvalue weighted by molar-refractivity contribution is 0.235. The molecule has 2 aromatic carbocycles. The van der Waals surface area contributed by atoms with E-state index < -0.39 is 6.17 Å². The standard InChI is InChI=1S/C26H36FN/c1-2-19-28(21-18-22-7-4-3-5-8-22)20-6-9-23-10-12-24(13-11-23)25-14-16-26(27)17-15-25/h3-5,7-8,10-13,25-26H,2,6,9,14-21H2,1H3. The molecule has 0 spiro atoms. The Hall–Kier alpha value is -1.67. The van der Waals surface area contributed by atoms with Gasteiger partial charge in [-0.1, -0.05) is 61.5 Å². The Morgan fingerprint density at radius 1 is 0.786 bits per heavy atom. The fourth-order valence-electron chi connectivity index (χ4n) is 4.43. The minimum absolute atomic E-state index is 0.566. The Balaban J connectivity index is 1.42. The van der Waals surface area contributed by atoms with Crippen molar-refractivity contribution in [3.8, 4) is 0 Å². The van der Waals surface area contributed by atoms with Gasteiger partial charge in [0.2, 0.25) is 0 Å². The molecule has 0 saturated heterocycles. The van der Waals surface area contributed by atoms with Crippen LogP contribution in [0.4, 0.5) is 4.39 Å². The number of aryl methyl sites for hydroxylation is 1. The Morgan fingerprint density at radius 2 is 1.46 bits per heavy atom. The van der Waals surface area contributed by atoms with Gasteiger partial charge in [0.05, 0.1) is 0 Å². The number of benzene rings is 2. The Labute approximate surface area is 171 Å². The van der Waals surface area contributed by atoms with E-state index in [2.05, 4.69) is 66.4 Å². The number of hydrogen-bond donors (Lipinski definition) is 0. The zero-order valence-electron chi connectivity index (χ0n) is 17.5. The third-order valence-electron chi connectivity index (χ3n) is 6.15. The van der Waals surface area contributed by atoms with Crippen molar-refractivity contribution in [2.75, 3.05) is 19.6 Å². The van der Waals surface area contributed by atoms with Gasteiger partial charge in [-0.3, -0.25) is 0 Å². The smallest absolute Gasteiger partial charge is 0.100 e. The van der Waals surface area contributed by atoms with Gasteiger partial charge >= 0.3 is 0 Å². The van der Waals surface area contributed by atoms with Crippen LogP contribution in [0.5, 0.6) is 0 Å². The molecule has 0 unspecified atom stereocenters. The van der Waals surface area contributed by atoms with E-state index in [-0.39, 0.29) is 0 Å². The summed E-state index contributed by atoms with van der Waals surface area (Å²) in [6.45, 7) is 5.77. The molecule has 0 aromatic heterocycles. The highest BCUT2D eigenvalue weighted by Gasteiger charge is 2.21. The van der Waals surface area contributed by atoms with Gasteiger partial charge < -0.3 is 4.90 Å². The first-order valence-corrected chi connectivity index (χ1v) is 11.2. The molecule has 1 aliphatic carbocycles. The lowest BCUT2D eigenvalue weighted by atomic mass is 9.83. The summed E-state index contributed by atoms with van der Waals surface area (Å²) in [5, 5.41) is 0. The van der Waals surface area contributed by atoms with Crippen LogP contribution >= 0.6 is 0 Å². The second kappa shape index (κ2) is 11.4. The first kappa shape index (κ1) is 21.0. The van der Waals surface area contributed by atoms with E-state index in [4.69, 9.17) is 0 Å². The Bertz CT molecular complexity index is 659. The van der Waals surface area contributed by atoms with Crippen LogP contribution in [0.25, 0.3) is 0 Å². The predicted octanol–water partition coefficient (Wildman–Crippen LogP) is 6.57. The molecule has 0 amide bonds. The molecule has 28 heavy (non-hydrogen) atoms. The average Bonchev–Trinajstić information content (AvgIpc) is 2.74. The van der Waals surface area contributed by atoms with Crippen molar-refractivity contribution in [1.82, 2.24) is 4.90 Å². The van der Waals surface area contributed by atoms with Crippen LogP contribution in [0.15, 0.2) is 54.6 Å². The van der Waals surface area contributed by atoms with E-state index in [9.17, 15) is 4.39 Å². The van der Waals surface area contributed by atoms with Crippen molar-refractivity contribution in [2.45, 2.75) is 70.4 Å². The van der Waals surface area contributed by atoms with Gasteiger partial charge in [0.15, 0.2) is 0 Å². The summed E-state index contributed by atoms with van der Waals surface area (Å²) >= 11 is 0. The molecule has 152 valence electrons. The van der Waals surface area contributed by atoms with Crippen molar-refractivity contribution >= 4 is 0 Å². The number of halogens is 1. The maximum atomic E-state index is 13.3. The van der Waals surface area contributed by atoms with Gasteiger partial charge in [0, 0.05) is 6.54 Å². The fraction of sp³-hybridized carbons (Fsp3) is 0.538. The average molecular weight is 382 g/mol. The van der Waals surface area contributed by atoms with Gasteiger partial charge in [-0.05, 0) is 87.1 Å². The van der Waals surface area contributed by atoms with Gasteiger partial charge in [0.25, 0.3) is 0 Å². The fourth-order valence-corrected chi connectivity index (χ4v) is 4.43. The monoisotopic (exact) mass is 381 g/mol. The lowest BCUT2D eigenvalue weighted by Crippen LogP contribution is -2.28. The third kappa shape index (κ3) is 6.74. The summed E-state index contributed by atoms with van der Waals surface area (Å²) in [7, 11) is 0. The largest absolute Gasteiger partial charge is 0.303 e. The topological polar surface area (TPSA) is 3.24 Å². The molecule has 1 nitrogen and oxygen atoms in total. The summed E-state index contributed by atoms with van der Waals surface area (Å²) < 4.78 is 13.3. The van der Waals surface area contributed by atoms with Gasteiger partial charge in [0.1, 0.15) is 6.17 Å². The number of rotatable bonds is 10.